The Morgan fingerprint density at radius 1 is 0.526 bits per heavy atom. The van der Waals surface area contributed by atoms with Gasteiger partial charge in [0.2, 0.25) is 23.6 Å². The van der Waals surface area contributed by atoms with Crippen LogP contribution in [0.4, 0.5) is 64.1 Å². The van der Waals surface area contributed by atoms with Crippen molar-refractivity contribution >= 4 is 35.0 Å². The van der Waals surface area contributed by atoms with E-state index in [0.29, 0.717) is 37.4 Å². The van der Waals surface area contributed by atoms with Crippen LogP contribution in [-0.4, -0.2) is 166 Å². The van der Waals surface area contributed by atoms with Crippen LogP contribution in [0, 0.1) is 10.8 Å². The van der Waals surface area contributed by atoms with E-state index in [-0.39, 0.29) is 124 Å². The highest BCUT2D eigenvalue weighted by molar-refractivity contribution is 5.80. The Hall–Kier alpha value is -5.08. The molecule has 2 spiro atoms. The number of halogens is 12. The summed E-state index contributed by atoms with van der Waals surface area (Å²) in [4.78, 5) is 60.4. The van der Waals surface area contributed by atoms with Crippen LogP contribution in [0.25, 0.3) is 0 Å². The summed E-state index contributed by atoms with van der Waals surface area (Å²) in [5.41, 5.74) is -7.45. The van der Waals surface area contributed by atoms with E-state index in [9.17, 15) is 92.3 Å². The van der Waals surface area contributed by atoms with Crippen molar-refractivity contribution in [3.63, 3.8) is 0 Å². The third-order valence-corrected chi connectivity index (χ3v) is 16.8. The summed E-state index contributed by atoms with van der Waals surface area (Å²) in [6, 6.07) is 1.07. The van der Waals surface area contributed by atoms with E-state index < -0.39 is 96.5 Å². The summed E-state index contributed by atoms with van der Waals surface area (Å²) in [6.45, 7) is 3.96. The van der Waals surface area contributed by atoms with E-state index in [2.05, 4.69) is 0 Å². The maximum atomic E-state index is 13.5. The first kappa shape index (κ1) is 60.6. The van der Waals surface area contributed by atoms with Crippen molar-refractivity contribution in [2.45, 2.75) is 152 Å². The summed E-state index contributed by atoms with van der Waals surface area (Å²) >= 11 is 0. The number of β-amino-alcohol motifs (C(OH)–C–C–N with tert-alkyl or cyclic N) is 2. The van der Waals surface area contributed by atoms with Crippen LogP contribution in [0.5, 0.6) is 0 Å². The molecule has 2 aromatic rings. The second kappa shape index (κ2) is 23.2. The van der Waals surface area contributed by atoms with Gasteiger partial charge in [0.05, 0.1) is 59.8 Å². The molecule has 6 atom stereocenters. The highest BCUT2D eigenvalue weighted by atomic mass is 19.4. The number of aliphatic hydroxyl groups is 4. The van der Waals surface area contributed by atoms with Gasteiger partial charge in [-0.2, -0.15) is 52.7 Å². The number of hydrogen-bond donors (Lipinski definition) is 4. The maximum absolute atomic E-state index is 13.5. The summed E-state index contributed by atoms with van der Waals surface area (Å²) in [5, 5.41) is 40.8. The van der Waals surface area contributed by atoms with Crippen molar-refractivity contribution in [3.05, 3.63) is 58.7 Å². The third-order valence-electron chi connectivity index (χ3n) is 16.8. The molecule has 78 heavy (non-hydrogen) atoms. The van der Waals surface area contributed by atoms with Gasteiger partial charge in [-0.3, -0.25) is 19.2 Å². The highest BCUT2D eigenvalue weighted by Crippen LogP contribution is 2.55. The quantitative estimate of drug-likeness (QED) is 0.158. The number of amides is 4. The summed E-state index contributed by atoms with van der Waals surface area (Å²) in [6.07, 6.45) is -16.5. The number of benzene rings is 2. The Morgan fingerprint density at radius 3 is 1.14 bits per heavy atom. The fraction of sp³-hybridized carbons (Fsp3) is 0.692. The second-order valence-corrected chi connectivity index (χ2v) is 21.8. The lowest BCUT2D eigenvalue weighted by Crippen LogP contribution is -2.49. The fourth-order valence-electron chi connectivity index (χ4n) is 11.6. The van der Waals surface area contributed by atoms with Gasteiger partial charge in [0.25, 0.3) is 0 Å². The molecule has 436 valence electrons. The second-order valence-electron chi connectivity index (χ2n) is 21.8. The normalized spacial score (nSPS) is 24.6. The van der Waals surface area contributed by atoms with E-state index >= 15 is 0 Å². The zero-order valence-electron chi connectivity index (χ0n) is 43.1. The van der Waals surface area contributed by atoms with Gasteiger partial charge in [-0.05, 0) is 112 Å². The van der Waals surface area contributed by atoms with Gasteiger partial charge in [0.15, 0.2) is 0 Å². The van der Waals surface area contributed by atoms with Crippen LogP contribution in [0.2, 0.25) is 0 Å². The Kier molecular flexibility index (Phi) is 18.0. The standard InChI is InChI=1S/2C26H33F6N3O4/c2*1-16-13-35(18(15-36)3-5-22(38)33-11-9-24(7-8-24)21(37)14-33)23(39)6-10-34(16)17-2-4-19(25(27,28)29)20(12-17)26(30,31)32/h2*2,4,12,16,18,21,36-37H,3,5-11,13-15H2,1H3/t16-,18+,21-;16-,18-,21+/m10/s1. The smallest absolute Gasteiger partial charge is 0.394 e. The lowest BCUT2D eigenvalue weighted by molar-refractivity contribution is -0.162. The molecule has 0 unspecified atom stereocenters. The predicted molar refractivity (Wildman–Crippen MR) is 257 cm³/mol. The molecule has 14 nitrogen and oxygen atoms in total. The topological polar surface area (TPSA) is 169 Å². The van der Waals surface area contributed by atoms with Crippen LogP contribution >= 0.6 is 0 Å². The molecule has 2 aromatic carbocycles. The average molecular weight is 1130 g/mol. The highest BCUT2D eigenvalue weighted by Gasteiger charge is 2.53. The van der Waals surface area contributed by atoms with Crippen LogP contribution in [-0.2, 0) is 43.9 Å². The lowest BCUT2D eigenvalue weighted by atomic mass is 9.90. The minimum absolute atomic E-state index is 0.00553. The maximum Gasteiger partial charge on any atom is 0.417 e. The molecule has 4 heterocycles. The molecule has 0 radical (unpaired) electrons. The largest absolute Gasteiger partial charge is 0.417 e. The van der Waals surface area contributed by atoms with Crippen LogP contribution in [0.1, 0.15) is 113 Å². The molecule has 0 bridgehead atoms. The van der Waals surface area contributed by atoms with Crippen molar-refractivity contribution in [3.8, 4) is 0 Å². The van der Waals surface area contributed by atoms with Gasteiger partial charge >= 0.3 is 24.7 Å². The number of alkyl halides is 12. The molecule has 2 aliphatic carbocycles. The van der Waals surface area contributed by atoms with Crippen LogP contribution in [0.15, 0.2) is 36.4 Å². The number of carbonyl (C=O) groups excluding carboxylic acids is 4. The average Bonchev–Trinajstić information content (AvgIpc) is 4.38. The fourth-order valence-corrected chi connectivity index (χ4v) is 11.6. The van der Waals surface area contributed by atoms with Crippen molar-refractivity contribution < 1.29 is 92.3 Å². The molecule has 0 aromatic heterocycles. The Bertz CT molecular complexity index is 2320. The van der Waals surface area contributed by atoms with Crippen molar-refractivity contribution in [1.29, 1.82) is 0 Å². The first-order valence-electron chi connectivity index (χ1n) is 26.1. The molecule has 8 rings (SSSR count). The predicted octanol–water partition coefficient (Wildman–Crippen LogP) is 7.33. The number of carbonyl (C=O) groups is 4. The number of piperidine rings is 2. The van der Waals surface area contributed by atoms with E-state index in [1.165, 1.54) is 19.6 Å². The van der Waals surface area contributed by atoms with E-state index in [1.807, 2.05) is 0 Å². The number of hydrogen-bond acceptors (Lipinski definition) is 10. The molecule has 4 N–H and O–H groups in total. The summed E-state index contributed by atoms with van der Waals surface area (Å²) < 4.78 is 160. The molecule has 26 heteroatoms. The molecule has 4 saturated heterocycles. The van der Waals surface area contributed by atoms with E-state index in [0.717, 1.165) is 50.7 Å². The third kappa shape index (κ3) is 13.7. The van der Waals surface area contributed by atoms with Gasteiger partial charge in [-0.1, -0.05) is 0 Å². The first-order chi connectivity index (χ1) is 36.3. The molecule has 4 amide bonds. The van der Waals surface area contributed by atoms with Gasteiger partial charge in [0, 0.05) is 101 Å². The first-order valence-corrected chi connectivity index (χ1v) is 26.1. The number of rotatable bonds is 12. The zero-order chi connectivity index (χ0) is 57.5. The van der Waals surface area contributed by atoms with E-state index in [1.54, 1.807) is 23.6 Å². The number of anilines is 2. The minimum Gasteiger partial charge on any atom is -0.394 e. The molecule has 6 fully saturated rings. The molecule has 4 aliphatic heterocycles. The van der Waals surface area contributed by atoms with Crippen LogP contribution < -0.4 is 9.80 Å². The van der Waals surface area contributed by atoms with Gasteiger partial charge in [-0.15, -0.1) is 0 Å². The number of nitrogens with zero attached hydrogens (tertiary/aromatic N) is 6. The van der Waals surface area contributed by atoms with Crippen molar-refractivity contribution in [1.82, 2.24) is 19.6 Å². The Labute approximate surface area is 442 Å². The Morgan fingerprint density at radius 2 is 0.859 bits per heavy atom. The number of likely N-dealkylation sites (tertiary alicyclic amines) is 2. The summed E-state index contributed by atoms with van der Waals surface area (Å²) in [5.74, 6) is -1.13. The summed E-state index contributed by atoms with van der Waals surface area (Å²) in [7, 11) is 0. The molecule has 6 aliphatic rings. The van der Waals surface area contributed by atoms with Crippen molar-refractivity contribution in [2.24, 2.45) is 10.8 Å². The molecular weight excluding hydrogens is 1060 g/mol. The Balaban J connectivity index is 0.000000226. The SMILES string of the molecule is C[C@@H]1CN([C@H](CO)CCC(=O)N2CCC3(CC3)[C@H](O)C2)C(=O)CCN1c1ccc(C(F)(F)F)c(C(F)(F)F)c1.C[C@H]1CN([C@H](CO)CCC(=O)N2CCC3(CC3)[C@H](O)C2)C(=O)CCN1c1ccc(C(F)(F)F)c(C(F)(F)F)c1. The van der Waals surface area contributed by atoms with Gasteiger partial charge in [-0.25, -0.2) is 0 Å². The van der Waals surface area contributed by atoms with Gasteiger partial charge < -0.3 is 49.8 Å². The van der Waals surface area contributed by atoms with E-state index in [4.69, 9.17) is 0 Å². The molecular formula is C52H66F12N6O8. The van der Waals surface area contributed by atoms with Crippen molar-refractivity contribution in [2.75, 3.05) is 75.4 Å². The zero-order valence-corrected chi connectivity index (χ0v) is 43.1. The van der Waals surface area contributed by atoms with Crippen LogP contribution in [0.3, 0.4) is 0 Å². The number of aliphatic hydroxyl groups excluding tert-OH is 4. The molecule has 2 saturated carbocycles. The minimum atomic E-state index is -5.23. The monoisotopic (exact) mass is 1130 g/mol. The lowest BCUT2D eigenvalue weighted by Gasteiger charge is -2.37. The van der Waals surface area contributed by atoms with Gasteiger partial charge in [0.1, 0.15) is 0 Å².